The Morgan fingerprint density at radius 2 is 1.88 bits per heavy atom. The average molecular weight is 346 g/mol. The minimum absolute atomic E-state index is 0.0805. The lowest BCUT2D eigenvalue weighted by atomic mass is 9.72. The molecule has 24 heavy (non-hydrogen) atoms. The summed E-state index contributed by atoms with van der Waals surface area (Å²) in [4.78, 5) is 25.8. The number of thiophene rings is 1. The van der Waals surface area contributed by atoms with Crippen LogP contribution in [-0.2, 0) is 10.2 Å². The Balaban J connectivity index is 1.54. The molecule has 1 aliphatic carbocycles. The lowest BCUT2D eigenvalue weighted by Crippen LogP contribution is -2.47. The molecule has 2 N–H and O–H groups in total. The van der Waals surface area contributed by atoms with Crippen molar-refractivity contribution in [1.29, 1.82) is 0 Å². The van der Waals surface area contributed by atoms with Crippen molar-refractivity contribution < 1.29 is 14.0 Å². The third-order valence-electron chi connectivity index (χ3n) is 4.58. The number of carbonyl (C=O) groups excluding carboxylic acids is 2. The maximum absolute atomic E-state index is 12.9. The second-order valence-electron chi connectivity index (χ2n) is 6.11. The van der Waals surface area contributed by atoms with Gasteiger partial charge in [0.1, 0.15) is 0 Å². The first kappa shape index (κ1) is 16.8. The van der Waals surface area contributed by atoms with Gasteiger partial charge in [0.25, 0.3) is 5.91 Å². The quantitative estimate of drug-likeness (QED) is 0.790. The van der Waals surface area contributed by atoms with E-state index < -0.39 is 5.41 Å². The minimum atomic E-state index is -0.391. The van der Waals surface area contributed by atoms with Gasteiger partial charge in [-0.15, -0.1) is 11.3 Å². The van der Waals surface area contributed by atoms with Gasteiger partial charge >= 0.3 is 0 Å². The van der Waals surface area contributed by atoms with Gasteiger partial charge in [0.05, 0.1) is 11.7 Å². The Labute approximate surface area is 145 Å². The van der Waals surface area contributed by atoms with Gasteiger partial charge in [0.2, 0.25) is 5.91 Å². The van der Waals surface area contributed by atoms with Crippen molar-refractivity contribution in [2.24, 2.45) is 0 Å². The number of carbonyl (C=O) groups is 2. The normalized spacial score (nSPS) is 16.5. The maximum atomic E-state index is 12.9. The van der Waals surface area contributed by atoms with Crippen LogP contribution in [-0.4, -0.2) is 24.9 Å². The fraction of sp³-hybridized carbons (Fsp3) is 0.444. The van der Waals surface area contributed by atoms with E-state index >= 15 is 0 Å². The first-order valence-electron chi connectivity index (χ1n) is 8.36. The van der Waals surface area contributed by atoms with Gasteiger partial charge in [0, 0.05) is 18.0 Å². The van der Waals surface area contributed by atoms with Crippen LogP contribution in [0.15, 0.2) is 40.3 Å². The zero-order chi connectivity index (χ0) is 16.8. The summed E-state index contributed by atoms with van der Waals surface area (Å²) < 4.78 is 5.04. The molecule has 0 aliphatic heterocycles. The summed E-state index contributed by atoms with van der Waals surface area (Å²) in [5.41, 5.74) is -0.391. The Morgan fingerprint density at radius 1 is 1.08 bits per heavy atom. The summed E-state index contributed by atoms with van der Waals surface area (Å²) in [6.45, 7) is 0.796. The molecule has 0 spiro atoms. The SMILES string of the molecule is O=C(NCCNC(=O)C1(c2cccs2)CCCCC1)c1ccco1. The molecule has 1 fully saturated rings. The Kier molecular flexibility index (Phi) is 5.35. The molecule has 0 bridgehead atoms. The Hall–Kier alpha value is -2.08. The second-order valence-corrected chi connectivity index (χ2v) is 7.06. The third kappa shape index (κ3) is 3.53. The molecule has 5 nitrogen and oxygen atoms in total. The van der Waals surface area contributed by atoms with Crippen molar-refractivity contribution in [3.8, 4) is 0 Å². The maximum Gasteiger partial charge on any atom is 0.287 e. The van der Waals surface area contributed by atoms with Crippen molar-refractivity contribution in [1.82, 2.24) is 10.6 Å². The van der Waals surface area contributed by atoms with Crippen molar-refractivity contribution >= 4 is 23.2 Å². The smallest absolute Gasteiger partial charge is 0.287 e. The van der Waals surface area contributed by atoms with Crippen molar-refractivity contribution in [3.63, 3.8) is 0 Å². The second kappa shape index (κ2) is 7.66. The van der Waals surface area contributed by atoms with E-state index in [1.807, 2.05) is 11.4 Å². The molecule has 0 aromatic carbocycles. The van der Waals surface area contributed by atoms with E-state index in [0.29, 0.717) is 13.1 Å². The molecule has 0 atom stereocenters. The third-order valence-corrected chi connectivity index (χ3v) is 5.65. The van der Waals surface area contributed by atoms with E-state index in [0.717, 1.165) is 30.6 Å². The molecule has 2 amide bonds. The summed E-state index contributed by atoms with van der Waals surface area (Å²) in [6.07, 6.45) is 6.63. The van der Waals surface area contributed by atoms with E-state index in [1.54, 1.807) is 23.5 Å². The molecule has 0 unspecified atom stereocenters. The van der Waals surface area contributed by atoms with E-state index in [2.05, 4.69) is 16.7 Å². The fourth-order valence-corrected chi connectivity index (χ4v) is 4.29. The van der Waals surface area contributed by atoms with Gasteiger partial charge in [-0.3, -0.25) is 9.59 Å². The van der Waals surface area contributed by atoms with Crippen LogP contribution in [0.4, 0.5) is 0 Å². The lowest BCUT2D eigenvalue weighted by Gasteiger charge is -2.35. The standard InChI is InChI=1S/C18H22N2O3S/c21-16(14-6-4-12-23-14)19-10-11-20-17(22)18(8-2-1-3-9-18)15-7-5-13-24-15/h4-7,12-13H,1-3,8-11H2,(H,19,21)(H,20,22). The minimum Gasteiger partial charge on any atom is -0.459 e. The first-order valence-corrected chi connectivity index (χ1v) is 9.24. The summed E-state index contributed by atoms with van der Waals surface area (Å²) in [5.74, 6) is 0.0976. The van der Waals surface area contributed by atoms with Crippen molar-refractivity contribution in [3.05, 3.63) is 46.5 Å². The largest absolute Gasteiger partial charge is 0.459 e. The zero-order valence-electron chi connectivity index (χ0n) is 13.5. The zero-order valence-corrected chi connectivity index (χ0v) is 14.4. The van der Waals surface area contributed by atoms with E-state index in [4.69, 9.17) is 4.42 Å². The van der Waals surface area contributed by atoms with Gasteiger partial charge in [-0.25, -0.2) is 0 Å². The molecule has 2 aromatic rings. The number of nitrogens with one attached hydrogen (secondary N) is 2. The molecule has 2 aromatic heterocycles. The van der Waals surface area contributed by atoms with Crippen LogP contribution in [0.1, 0.15) is 47.5 Å². The van der Waals surface area contributed by atoms with Gasteiger partial charge in [-0.2, -0.15) is 0 Å². The highest BCUT2D eigenvalue weighted by molar-refractivity contribution is 7.10. The van der Waals surface area contributed by atoms with Crippen LogP contribution in [0.3, 0.4) is 0 Å². The predicted molar refractivity (Wildman–Crippen MR) is 93.1 cm³/mol. The number of rotatable bonds is 6. The monoisotopic (exact) mass is 346 g/mol. The van der Waals surface area contributed by atoms with Crippen LogP contribution in [0.2, 0.25) is 0 Å². The van der Waals surface area contributed by atoms with Crippen LogP contribution < -0.4 is 10.6 Å². The highest BCUT2D eigenvalue weighted by Crippen LogP contribution is 2.41. The van der Waals surface area contributed by atoms with Crippen molar-refractivity contribution in [2.75, 3.05) is 13.1 Å². The number of furan rings is 1. The Morgan fingerprint density at radius 3 is 2.54 bits per heavy atom. The number of hydrogen-bond donors (Lipinski definition) is 2. The molecule has 3 rings (SSSR count). The fourth-order valence-electron chi connectivity index (χ4n) is 3.31. The molecule has 2 heterocycles. The van der Waals surface area contributed by atoms with Crippen molar-refractivity contribution in [2.45, 2.75) is 37.5 Å². The molecule has 0 radical (unpaired) electrons. The lowest BCUT2D eigenvalue weighted by molar-refractivity contribution is -0.127. The topological polar surface area (TPSA) is 71.3 Å². The summed E-state index contributed by atoms with van der Waals surface area (Å²) in [6, 6.07) is 7.35. The average Bonchev–Trinajstić information content (AvgIpc) is 3.32. The van der Waals surface area contributed by atoms with Crippen LogP contribution >= 0.6 is 11.3 Å². The summed E-state index contributed by atoms with van der Waals surface area (Å²) in [7, 11) is 0. The molecule has 128 valence electrons. The van der Waals surface area contributed by atoms with E-state index in [9.17, 15) is 9.59 Å². The molecule has 1 saturated carbocycles. The van der Waals surface area contributed by atoms with Crippen LogP contribution in [0, 0.1) is 0 Å². The van der Waals surface area contributed by atoms with Crippen LogP contribution in [0.5, 0.6) is 0 Å². The van der Waals surface area contributed by atoms with Gasteiger partial charge < -0.3 is 15.1 Å². The van der Waals surface area contributed by atoms with Gasteiger partial charge in [-0.1, -0.05) is 25.3 Å². The van der Waals surface area contributed by atoms with Crippen LogP contribution in [0.25, 0.3) is 0 Å². The predicted octanol–water partition coefficient (Wildman–Crippen LogP) is 3.09. The summed E-state index contributed by atoms with van der Waals surface area (Å²) >= 11 is 1.66. The first-order chi connectivity index (χ1) is 11.7. The van der Waals surface area contributed by atoms with Gasteiger partial charge in [0.15, 0.2) is 5.76 Å². The highest BCUT2D eigenvalue weighted by Gasteiger charge is 2.41. The van der Waals surface area contributed by atoms with E-state index in [-0.39, 0.29) is 17.6 Å². The highest BCUT2D eigenvalue weighted by atomic mass is 32.1. The molecule has 1 aliphatic rings. The molecule has 0 saturated heterocycles. The summed E-state index contributed by atoms with van der Waals surface area (Å²) in [5, 5.41) is 7.78. The molecular formula is C18H22N2O3S. The number of amides is 2. The molecule has 6 heteroatoms. The van der Waals surface area contributed by atoms with E-state index in [1.165, 1.54) is 12.7 Å². The van der Waals surface area contributed by atoms with Gasteiger partial charge in [-0.05, 0) is 36.4 Å². The number of hydrogen-bond acceptors (Lipinski definition) is 4. The molecular weight excluding hydrogens is 324 g/mol. The Bertz CT molecular complexity index is 659.